The topological polar surface area (TPSA) is 80.3 Å². The molecule has 19 heavy (non-hydrogen) atoms. The molecular weight excluding hydrogens is 326 g/mol. The first-order valence-corrected chi connectivity index (χ1v) is 10.6. The molecule has 0 unspecified atom stereocenters. The largest absolute Gasteiger partial charge is 0.367 e. The van der Waals surface area contributed by atoms with Gasteiger partial charge in [0.25, 0.3) is 0 Å². The van der Waals surface area contributed by atoms with Crippen LogP contribution in [0.5, 0.6) is 0 Å². The molecular formula is C10H15NO4S4. The van der Waals surface area contributed by atoms with Crippen LogP contribution < -0.4 is 5.32 Å². The molecule has 0 aromatic heterocycles. The van der Waals surface area contributed by atoms with Gasteiger partial charge < -0.3 is 5.32 Å². The van der Waals surface area contributed by atoms with Gasteiger partial charge in [0.2, 0.25) is 0 Å². The molecule has 0 bridgehead atoms. The zero-order valence-electron chi connectivity index (χ0n) is 10.3. The normalized spacial score (nSPS) is 31.9. The molecule has 0 aliphatic carbocycles. The van der Waals surface area contributed by atoms with Crippen molar-refractivity contribution in [2.75, 3.05) is 17.3 Å². The third kappa shape index (κ3) is 4.17. The van der Waals surface area contributed by atoms with Gasteiger partial charge in [-0.15, -0.1) is 0 Å². The van der Waals surface area contributed by atoms with Crippen LogP contribution in [0.3, 0.4) is 0 Å². The van der Waals surface area contributed by atoms with Crippen LogP contribution in [0.15, 0.2) is 11.0 Å². The number of sulfone groups is 2. The molecule has 0 aromatic rings. The van der Waals surface area contributed by atoms with E-state index in [0.717, 1.165) is 5.57 Å². The predicted molar refractivity (Wildman–Crippen MR) is 81.7 cm³/mol. The fourth-order valence-electron chi connectivity index (χ4n) is 2.12. The minimum atomic E-state index is -3.10. The van der Waals surface area contributed by atoms with E-state index in [1.165, 1.54) is 17.2 Å². The molecule has 2 rings (SSSR count). The summed E-state index contributed by atoms with van der Waals surface area (Å²) in [5, 5.41) is 4.12. The second-order valence-corrected chi connectivity index (χ2v) is 10.8. The number of rotatable bonds is 2. The fraction of sp³-hybridized carbons (Fsp3) is 0.700. The lowest BCUT2D eigenvalue weighted by Crippen LogP contribution is -2.34. The van der Waals surface area contributed by atoms with E-state index >= 15 is 0 Å². The number of thiocarbonyl (C=S) groups is 1. The summed E-state index contributed by atoms with van der Waals surface area (Å²) in [5.74, 6) is 0.356. The fourth-order valence-corrected chi connectivity index (χ4v) is 7.49. The number of hydrogen-bond donors (Lipinski definition) is 1. The lowest BCUT2D eigenvalue weighted by atomic mass is 10.3. The van der Waals surface area contributed by atoms with Gasteiger partial charge in [0.05, 0.1) is 17.3 Å². The Hall–Kier alpha value is -0.120. The Kier molecular flexibility index (Phi) is 4.29. The molecule has 0 radical (unpaired) electrons. The Morgan fingerprint density at radius 3 is 2.53 bits per heavy atom. The zero-order valence-corrected chi connectivity index (χ0v) is 13.6. The van der Waals surface area contributed by atoms with Gasteiger partial charge in [-0.2, -0.15) is 0 Å². The van der Waals surface area contributed by atoms with Crippen LogP contribution in [0.1, 0.15) is 13.3 Å². The summed E-state index contributed by atoms with van der Waals surface area (Å²) >= 11 is 6.45. The van der Waals surface area contributed by atoms with Crippen molar-refractivity contribution in [1.29, 1.82) is 0 Å². The van der Waals surface area contributed by atoms with E-state index in [1.54, 1.807) is 6.92 Å². The maximum Gasteiger partial charge on any atom is 0.173 e. The molecule has 1 N–H and O–H groups in total. The molecule has 9 heteroatoms. The Labute approximate surface area is 123 Å². The minimum absolute atomic E-state index is 0.0638. The smallest absolute Gasteiger partial charge is 0.173 e. The zero-order chi connectivity index (χ0) is 14.3. The summed E-state index contributed by atoms with van der Waals surface area (Å²) in [6.45, 7) is 1.77. The summed E-state index contributed by atoms with van der Waals surface area (Å²) < 4.78 is 46.0. The number of hydrogen-bond acceptors (Lipinski definition) is 6. The van der Waals surface area contributed by atoms with Gasteiger partial charge in [0.15, 0.2) is 19.7 Å². The molecule has 0 saturated carbocycles. The first-order chi connectivity index (χ1) is 8.67. The number of nitrogens with one attached hydrogen (secondary N) is 1. The Balaban J connectivity index is 1.88. The summed E-state index contributed by atoms with van der Waals surface area (Å²) in [5.41, 5.74) is 0.785. The van der Waals surface area contributed by atoms with E-state index in [1.807, 2.05) is 0 Å². The van der Waals surface area contributed by atoms with Crippen molar-refractivity contribution in [2.45, 2.75) is 24.6 Å². The first-order valence-electron chi connectivity index (χ1n) is 5.75. The highest BCUT2D eigenvalue weighted by atomic mass is 32.2. The summed E-state index contributed by atoms with van der Waals surface area (Å²) in [4.78, 5) is 0. The third-order valence-electron chi connectivity index (χ3n) is 3.06. The van der Waals surface area contributed by atoms with Gasteiger partial charge in [-0.3, -0.25) is 0 Å². The van der Waals surface area contributed by atoms with Crippen molar-refractivity contribution < 1.29 is 16.8 Å². The summed E-state index contributed by atoms with van der Waals surface area (Å²) in [6, 6.07) is -0.146. The lowest BCUT2D eigenvalue weighted by molar-refractivity contribution is 0.600. The molecule has 2 aliphatic heterocycles. The maximum absolute atomic E-state index is 11.4. The van der Waals surface area contributed by atoms with Crippen molar-refractivity contribution >= 4 is 48.0 Å². The number of thioether (sulfide) groups is 1. The monoisotopic (exact) mass is 341 g/mol. The predicted octanol–water partition coefficient (Wildman–Crippen LogP) is 0.482. The van der Waals surface area contributed by atoms with E-state index in [9.17, 15) is 16.8 Å². The Morgan fingerprint density at radius 1 is 1.37 bits per heavy atom. The highest BCUT2D eigenvalue weighted by molar-refractivity contribution is 8.23. The molecule has 0 aromatic carbocycles. The van der Waals surface area contributed by atoms with Crippen molar-refractivity contribution in [3.8, 4) is 0 Å². The van der Waals surface area contributed by atoms with E-state index < -0.39 is 19.7 Å². The Bertz CT molecular complexity index is 620. The van der Waals surface area contributed by atoms with E-state index in [0.29, 0.717) is 10.7 Å². The molecule has 2 aliphatic rings. The van der Waals surface area contributed by atoms with Crippen LogP contribution in [0.25, 0.3) is 0 Å². The second kappa shape index (κ2) is 5.34. The van der Waals surface area contributed by atoms with Gasteiger partial charge in [-0.1, -0.05) is 24.0 Å². The van der Waals surface area contributed by atoms with Crippen molar-refractivity contribution in [3.63, 3.8) is 0 Å². The van der Waals surface area contributed by atoms with Crippen molar-refractivity contribution in [3.05, 3.63) is 11.0 Å². The molecule has 0 amide bonds. The Morgan fingerprint density at radius 2 is 2.05 bits per heavy atom. The van der Waals surface area contributed by atoms with Crippen molar-refractivity contribution in [2.24, 2.45) is 0 Å². The lowest BCUT2D eigenvalue weighted by Gasteiger charge is -2.16. The van der Waals surface area contributed by atoms with Crippen molar-refractivity contribution in [1.82, 2.24) is 5.32 Å². The van der Waals surface area contributed by atoms with Gasteiger partial charge >= 0.3 is 0 Å². The third-order valence-corrected chi connectivity index (χ3v) is 8.13. The van der Waals surface area contributed by atoms with Crippen LogP contribution in [0.2, 0.25) is 0 Å². The molecule has 1 saturated heterocycles. The standard InChI is InChI=1S/C10H15NO4S4/c1-7-4-19(14,15)6-9(7)17-10(16)11-8-2-3-18(12,13)5-8/h4,8-9H,2-3,5-6H2,1H3,(H,11,16)/t8-,9+/m0/s1. The van der Waals surface area contributed by atoms with E-state index in [-0.39, 0.29) is 28.6 Å². The second-order valence-electron chi connectivity index (χ2n) is 4.83. The maximum atomic E-state index is 11.4. The van der Waals surface area contributed by atoms with Crippen LogP contribution >= 0.6 is 24.0 Å². The quantitative estimate of drug-likeness (QED) is 0.732. The summed E-state index contributed by atoms with van der Waals surface area (Å²) in [6.07, 6.45) is 0.556. The van der Waals surface area contributed by atoms with Gasteiger partial charge in [-0.05, 0) is 18.9 Å². The SMILES string of the molecule is CC1=CS(=O)(=O)C[C@H]1SC(=S)N[C@H]1CCS(=O)(=O)C1. The van der Waals surface area contributed by atoms with Crippen LogP contribution in [0, 0.1) is 0 Å². The summed E-state index contributed by atoms with van der Waals surface area (Å²) in [7, 11) is -6.04. The van der Waals surface area contributed by atoms with Gasteiger partial charge in [0.1, 0.15) is 4.32 Å². The average Bonchev–Trinajstić information content (AvgIpc) is 2.66. The molecule has 1 fully saturated rings. The molecule has 2 heterocycles. The van der Waals surface area contributed by atoms with Gasteiger partial charge in [-0.25, -0.2) is 16.8 Å². The molecule has 2 atom stereocenters. The average molecular weight is 342 g/mol. The minimum Gasteiger partial charge on any atom is -0.367 e. The van der Waals surface area contributed by atoms with Gasteiger partial charge in [0, 0.05) is 16.7 Å². The molecule has 5 nitrogen and oxygen atoms in total. The van der Waals surface area contributed by atoms with Crippen LogP contribution in [-0.4, -0.2) is 49.7 Å². The van der Waals surface area contributed by atoms with Crippen LogP contribution in [0.4, 0.5) is 0 Å². The van der Waals surface area contributed by atoms with E-state index in [4.69, 9.17) is 12.2 Å². The van der Waals surface area contributed by atoms with Crippen LogP contribution in [-0.2, 0) is 19.7 Å². The van der Waals surface area contributed by atoms with E-state index in [2.05, 4.69) is 5.32 Å². The highest BCUT2D eigenvalue weighted by Crippen LogP contribution is 2.29. The highest BCUT2D eigenvalue weighted by Gasteiger charge is 2.31. The first kappa shape index (κ1) is 15.3. The molecule has 0 spiro atoms. The molecule has 108 valence electrons.